The molecule has 0 spiro atoms. The molecule has 0 saturated heterocycles. The van der Waals surface area contributed by atoms with Gasteiger partial charge in [0.15, 0.2) is 0 Å². The summed E-state index contributed by atoms with van der Waals surface area (Å²) < 4.78 is 24.0. The van der Waals surface area contributed by atoms with Crippen LogP contribution >= 0.6 is 0 Å². The van der Waals surface area contributed by atoms with E-state index in [9.17, 15) is 9.18 Å². The maximum Gasteiger partial charge on any atom is 0.246 e. The van der Waals surface area contributed by atoms with Gasteiger partial charge < -0.3 is 19.3 Å². The third kappa shape index (κ3) is 5.82. The Morgan fingerprint density at radius 2 is 1.94 bits per heavy atom. The maximum absolute atomic E-state index is 13.4. The van der Waals surface area contributed by atoms with Gasteiger partial charge in [-0.15, -0.1) is 0 Å². The summed E-state index contributed by atoms with van der Waals surface area (Å²) in [7, 11) is 7.06. The van der Waals surface area contributed by atoms with E-state index in [2.05, 4.69) is 0 Å². The zero-order valence-electron chi connectivity index (χ0n) is 18.8. The molecule has 7 heteroatoms. The lowest BCUT2D eigenvalue weighted by atomic mass is 10.1. The first-order valence-corrected chi connectivity index (χ1v) is 10.3. The molecule has 32 heavy (non-hydrogen) atoms. The second kappa shape index (κ2) is 10.7. The SMILES string of the molecule is COCCN(Cc1cc2ccc(OC)cc2nc1N(C)C)C(=O)C=Cc1cccc(F)c1. The van der Waals surface area contributed by atoms with Gasteiger partial charge in [-0.25, -0.2) is 9.37 Å². The molecule has 2 aromatic carbocycles. The van der Waals surface area contributed by atoms with Crippen LogP contribution in [0.4, 0.5) is 10.2 Å². The number of aromatic nitrogens is 1. The van der Waals surface area contributed by atoms with E-state index in [1.807, 2.05) is 43.3 Å². The van der Waals surface area contributed by atoms with E-state index in [1.54, 1.807) is 37.3 Å². The number of rotatable bonds is 9. The van der Waals surface area contributed by atoms with Crippen molar-refractivity contribution < 1.29 is 18.7 Å². The minimum Gasteiger partial charge on any atom is -0.497 e. The molecule has 0 aliphatic carbocycles. The van der Waals surface area contributed by atoms with Crippen molar-refractivity contribution in [3.8, 4) is 5.75 Å². The summed E-state index contributed by atoms with van der Waals surface area (Å²) in [5, 5.41) is 0.959. The van der Waals surface area contributed by atoms with E-state index in [0.29, 0.717) is 25.3 Å². The van der Waals surface area contributed by atoms with Crippen LogP contribution in [-0.2, 0) is 16.1 Å². The lowest BCUT2D eigenvalue weighted by molar-refractivity contribution is -0.127. The Hall–Kier alpha value is -3.45. The van der Waals surface area contributed by atoms with Crippen LogP contribution in [0.2, 0.25) is 0 Å². The highest BCUT2D eigenvalue weighted by Gasteiger charge is 2.17. The molecule has 1 aromatic heterocycles. The Kier molecular flexibility index (Phi) is 7.78. The third-order valence-corrected chi connectivity index (χ3v) is 5.01. The first-order valence-electron chi connectivity index (χ1n) is 10.3. The fourth-order valence-electron chi connectivity index (χ4n) is 3.37. The number of nitrogens with zero attached hydrogens (tertiary/aromatic N) is 3. The van der Waals surface area contributed by atoms with Gasteiger partial charge in [0.05, 0.1) is 19.2 Å². The van der Waals surface area contributed by atoms with Gasteiger partial charge in [-0.1, -0.05) is 12.1 Å². The molecule has 1 heterocycles. The van der Waals surface area contributed by atoms with Crippen LogP contribution in [0.3, 0.4) is 0 Å². The molecule has 0 bridgehead atoms. The molecule has 0 N–H and O–H groups in total. The van der Waals surface area contributed by atoms with E-state index < -0.39 is 0 Å². The molecule has 0 radical (unpaired) electrons. The number of amides is 1. The van der Waals surface area contributed by atoms with Crippen LogP contribution in [0.5, 0.6) is 5.75 Å². The number of ether oxygens (including phenoxy) is 2. The average molecular weight is 438 g/mol. The second-order valence-corrected chi connectivity index (χ2v) is 7.57. The van der Waals surface area contributed by atoms with Gasteiger partial charge in [-0.05, 0) is 42.0 Å². The third-order valence-electron chi connectivity index (χ3n) is 5.01. The molecule has 0 fully saturated rings. The van der Waals surface area contributed by atoms with Gasteiger partial charge in [0.25, 0.3) is 0 Å². The molecule has 1 amide bonds. The van der Waals surface area contributed by atoms with Gasteiger partial charge in [0.1, 0.15) is 17.4 Å². The Bertz CT molecular complexity index is 1110. The monoisotopic (exact) mass is 437 g/mol. The second-order valence-electron chi connectivity index (χ2n) is 7.57. The Morgan fingerprint density at radius 1 is 1.12 bits per heavy atom. The van der Waals surface area contributed by atoms with Crippen LogP contribution in [-0.4, -0.2) is 57.3 Å². The Labute approximate surface area is 187 Å². The van der Waals surface area contributed by atoms with E-state index in [-0.39, 0.29) is 11.7 Å². The lowest BCUT2D eigenvalue weighted by Crippen LogP contribution is -2.32. The fraction of sp³-hybridized carbons (Fsp3) is 0.280. The van der Waals surface area contributed by atoms with Crippen LogP contribution in [0.15, 0.2) is 54.6 Å². The minimum absolute atomic E-state index is 0.189. The summed E-state index contributed by atoms with van der Waals surface area (Å²) in [5.74, 6) is 0.980. The molecule has 0 aliphatic rings. The van der Waals surface area contributed by atoms with Crippen molar-refractivity contribution in [2.75, 3.05) is 46.4 Å². The molecule has 3 rings (SSSR count). The molecule has 6 nitrogen and oxygen atoms in total. The van der Waals surface area contributed by atoms with Crippen molar-refractivity contribution in [2.45, 2.75) is 6.54 Å². The van der Waals surface area contributed by atoms with Crippen molar-refractivity contribution in [1.29, 1.82) is 0 Å². The largest absolute Gasteiger partial charge is 0.497 e. The van der Waals surface area contributed by atoms with Gasteiger partial charge in [0, 0.05) is 57.4 Å². The number of pyridine rings is 1. The number of anilines is 1. The number of hydrogen-bond donors (Lipinski definition) is 0. The van der Waals surface area contributed by atoms with Crippen LogP contribution in [0.1, 0.15) is 11.1 Å². The fourth-order valence-corrected chi connectivity index (χ4v) is 3.37. The van der Waals surface area contributed by atoms with Gasteiger partial charge in [-0.2, -0.15) is 0 Å². The standard InChI is InChI=1S/C25H28FN3O3/c1-28(2)25-20(15-19-9-10-22(32-4)16-23(19)27-25)17-29(12-13-31-3)24(30)11-8-18-6-5-7-21(26)14-18/h5-11,14-16H,12-13,17H2,1-4H3. The molecular formula is C25H28FN3O3. The minimum atomic E-state index is -0.342. The molecule has 0 atom stereocenters. The molecular weight excluding hydrogens is 409 g/mol. The number of carbonyl (C=O) groups excluding carboxylic acids is 1. The van der Waals surface area contributed by atoms with Crippen LogP contribution in [0, 0.1) is 5.82 Å². The highest BCUT2D eigenvalue weighted by atomic mass is 19.1. The lowest BCUT2D eigenvalue weighted by Gasteiger charge is -2.24. The molecule has 168 valence electrons. The van der Waals surface area contributed by atoms with E-state index in [4.69, 9.17) is 14.5 Å². The normalized spacial score (nSPS) is 11.2. The number of hydrogen-bond acceptors (Lipinski definition) is 5. The van der Waals surface area contributed by atoms with Gasteiger partial charge in [-0.3, -0.25) is 4.79 Å². The zero-order valence-corrected chi connectivity index (χ0v) is 18.8. The molecule has 0 aliphatic heterocycles. The number of halogens is 1. The Balaban J connectivity index is 1.91. The topological polar surface area (TPSA) is 54.9 Å². The number of carbonyl (C=O) groups is 1. The first-order chi connectivity index (χ1) is 15.4. The Morgan fingerprint density at radius 3 is 2.62 bits per heavy atom. The smallest absolute Gasteiger partial charge is 0.246 e. The first kappa shape index (κ1) is 23.2. The van der Waals surface area contributed by atoms with Gasteiger partial charge in [0.2, 0.25) is 5.91 Å². The highest BCUT2D eigenvalue weighted by Crippen LogP contribution is 2.26. The quantitative estimate of drug-likeness (QED) is 0.471. The maximum atomic E-state index is 13.4. The van der Waals surface area contributed by atoms with Crippen LogP contribution in [0.25, 0.3) is 17.0 Å². The van der Waals surface area contributed by atoms with E-state index >= 15 is 0 Å². The van der Waals surface area contributed by atoms with E-state index in [0.717, 1.165) is 28.0 Å². The zero-order chi connectivity index (χ0) is 23.1. The van der Waals surface area contributed by atoms with Gasteiger partial charge >= 0.3 is 0 Å². The summed E-state index contributed by atoms with van der Waals surface area (Å²) in [4.78, 5) is 21.4. The van der Waals surface area contributed by atoms with Crippen molar-refractivity contribution in [1.82, 2.24) is 9.88 Å². The van der Waals surface area contributed by atoms with Crippen molar-refractivity contribution in [2.24, 2.45) is 0 Å². The molecule has 3 aromatic rings. The van der Waals surface area contributed by atoms with Crippen molar-refractivity contribution >= 4 is 28.7 Å². The predicted molar refractivity (Wildman–Crippen MR) is 125 cm³/mol. The number of fused-ring (bicyclic) bond motifs is 1. The summed E-state index contributed by atoms with van der Waals surface area (Å²) in [6.45, 7) is 1.17. The summed E-state index contributed by atoms with van der Waals surface area (Å²) in [6.07, 6.45) is 3.07. The summed E-state index contributed by atoms with van der Waals surface area (Å²) >= 11 is 0. The van der Waals surface area contributed by atoms with E-state index in [1.165, 1.54) is 18.2 Å². The van der Waals surface area contributed by atoms with Crippen molar-refractivity contribution in [3.05, 3.63) is 71.6 Å². The number of benzene rings is 2. The number of methoxy groups -OCH3 is 2. The highest BCUT2D eigenvalue weighted by molar-refractivity contribution is 5.92. The summed E-state index contributed by atoms with van der Waals surface area (Å²) in [6, 6.07) is 13.9. The average Bonchev–Trinajstić information content (AvgIpc) is 2.79. The summed E-state index contributed by atoms with van der Waals surface area (Å²) in [5.41, 5.74) is 2.36. The molecule has 0 saturated carbocycles. The van der Waals surface area contributed by atoms with Crippen molar-refractivity contribution in [3.63, 3.8) is 0 Å². The predicted octanol–water partition coefficient (Wildman–Crippen LogP) is 4.14. The molecule has 0 unspecified atom stereocenters. The van der Waals surface area contributed by atoms with Crippen LogP contribution < -0.4 is 9.64 Å².